The molecule has 96 valence electrons. The lowest BCUT2D eigenvalue weighted by atomic mass is 9.94. The third-order valence-corrected chi connectivity index (χ3v) is 2.56. The second kappa shape index (κ2) is 5.27. The van der Waals surface area contributed by atoms with E-state index in [-0.39, 0.29) is 11.1 Å². The summed E-state index contributed by atoms with van der Waals surface area (Å²) >= 11 is 5.41. The zero-order valence-electron chi connectivity index (χ0n) is 8.88. The van der Waals surface area contributed by atoms with Gasteiger partial charge in [-0.3, -0.25) is 4.79 Å². The van der Waals surface area contributed by atoms with Gasteiger partial charge in [-0.1, -0.05) is 6.07 Å². The molecular formula is C11H7ClF3NO2. The number of hydrogen-bond acceptors (Lipinski definition) is 2. The van der Waals surface area contributed by atoms with Crippen LogP contribution in [0.2, 0.25) is 0 Å². The van der Waals surface area contributed by atoms with Crippen LogP contribution < -0.4 is 0 Å². The van der Waals surface area contributed by atoms with Crippen molar-refractivity contribution in [2.45, 2.75) is 18.5 Å². The predicted molar refractivity (Wildman–Crippen MR) is 57.1 cm³/mol. The van der Waals surface area contributed by atoms with Gasteiger partial charge in [-0.15, -0.1) is 11.6 Å². The first-order chi connectivity index (χ1) is 8.31. The lowest BCUT2D eigenvalue weighted by Gasteiger charge is -2.16. The van der Waals surface area contributed by atoms with E-state index in [1.165, 1.54) is 0 Å². The van der Waals surface area contributed by atoms with Crippen LogP contribution >= 0.6 is 11.6 Å². The third kappa shape index (κ3) is 2.93. The number of carboxylic acids is 1. The highest BCUT2D eigenvalue weighted by Crippen LogP contribution is 2.37. The number of nitriles is 1. The van der Waals surface area contributed by atoms with Crippen LogP contribution in [0.5, 0.6) is 0 Å². The summed E-state index contributed by atoms with van der Waals surface area (Å²) in [5.41, 5.74) is -2.22. The van der Waals surface area contributed by atoms with Crippen LogP contribution in [-0.4, -0.2) is 11.1 Å². The van der Waals surface area contributed by atoms with Crippen molar-refractivity contribution in [1.29, 1.82) is 5.26 Å². The van der Waals surface area contributed by atoms with Gasteiger partial charge in [0.1, 0.15) is 0 Å². The van der Waals surface area contributed by atoms with Gasteiger partial charge in [0.05, 0.1) is 23.6 Å². The molecule has 3 nitrogen and oxygen atoms in total. The quantitative estimate of drug-likeness (QED) is 0.864. The fourth-order valence-corrected chi connectivity index (χ4v) is 1.82. The smallest absolute Gasteiger partial charge is 0.417 e. The number of nitrogens with zero attached hydrogens (tertiary/aromatic N) is 1. The molecule has 0 atom stereocenters. The number of carboxylic acid groups (broad SMARTS) is 1. The summed E-state index contributed by atoms with van der Waals surface area (Å²) in [5.74, 6) is -1.85. The molecule has 0 spiro atoms. The normalized spacial score (nSPS) is 11.1. The Hall–Kier alpha value is -1.74. The number of rotatable bonds is 3. The zero-order chi connectivity index (χ0) is 13.9. The van der Waals surface area contributed by atoms with Crippen molar-refractivity contribution in [3.63, 3.8) is 0 Å². The van der Waals surface area contributed by atoms with Crippen molar-refractivity contribution >= 4 is 17.6 Å². The van der Waals surface area contributed by atoms with Gasteiger partial charge < -0.3 is 5.11 Å². The Bertz CT molecular complexity index is 520. The molecule has 0 aliphatic carbocycles. The fraction of sp³-hybridized carbons (Fsp3) is 0.273. The summed E-state index contributed by atoms with van der Waals surface area (Å²) in [6.45, 7) is 0. The highest BCUT2D eigenvalue weighted by molar-refractivity contribution is 6.17. The molecular weight excluding hydrogens is 271 g/mol. The largest absolute Gasteiger partial charge is 0.481 e. The number of halogens is 4. The Morgan fingerprint density at radius 2 is 2.06 bits per heavy atom. The Morgan fingerprint density at radius 3 is 2.44 bits per heavy atom. The summed E-state index contributed by atoms with van der Waals surface area (Å²) in [6, 6.07) is 3.79. The average Bonchev–Trinajstić information content (AvgIpc) is 2.25. The van der Waals surface area contributed by atoms with E-state index in [1.54, 1.807) is 6.07 Å². The summed E-state index contributed by atoms with van der Waals surface area (Å²) in [4.78, 5) is 10.6. The summed E-state index contributed by atoms with van der Waals surface area (Å²) in [6.07, 6.45) is -5.62. The van der Waals surface area contributed by atoms with Crippen LogP contribution in [0.15, 0.2) is 12.1 Å². The Labute approximate surface area is 105 Å². The van der Waals surface area contributed by atoms with Crippen molar-refractivity contribution in [2.75, 3.05) is 0 Å². The molecule has 0 radical (unpaired) electrons. The van der Waals surface area contributed by atoms with Crippen LogP contribution in [0.1, 0.15) is 22.3 Å². The molecule has 0 aromatic heterocycles. The van der Waals surface area contributed by atoms with E-state index in [9.17, 15) is 18.0 Å². The van der Waals surface area contributed by atoms with Crippen molar-refractivity contribution < 1.29 is 23.1 Å². The maximum atomic E-state index is 12.9. The molecule has 1 rings (SSSR count). The van der Waals surface area contributed by atoms with E-state index < -0.39 is 35.6 Å². The molecule has 0 fully saturated rings. The van der Waals surface area contributed by atoms with Crippen LogP contribution in [0.3, 0.4) is 0 Å². The van der Waals surface area contributed by atoms with Crippen molar-refractivity contribution in [1.82, 2.24) is 0 Å². The van der Waals surface area contributed by atoms with Gasteiger partial charge >= 0.3 is 12.1 Å². The van der Waals surface area contributed by atoms with Gasteiger partial charge in [0.25, 0.3) is 0 Å². The SMILES string of the molecule is N#Cc1ccc(CCl)c(C(F)(F)F)c1CC(=O)O. The number of aliphatic carboxylic acids is 1. The molecule has 0 unspecified atom stereocenters. The van der Waals surface area contributed by atoms with Crippen LogP contribution in [-0.2, 0) is 23.3 Å². The number of benzene rings is 1. The predicted octanol–water partition coefficient (Wildman–Crippen LogP) is 2.94. The standard InChI is InChI=1S/C11H7ClF3NO2/c12-4-6-1-2-7(5-16)8(3-9(17)18)10(6)11(13,14)15/h1-2H,3-4H2,(H,17,18). The van der Waals surface area contributed by atoms with Gasteiger partial charge in [0.15, 0.2) is 0 Å². The third-order valence-electron chi connectivity index (χ3n) is 2.28. The Morgan fingerprint density at radius 1 is 1.44 bits per heavy atom. The van der Waals surface area contributed by atoms with Crippen molar-refractivity contribution in [3.8, 4) is 6.07 Å². The van der Waals surface area contributed by atoms with Crippen molar-refractivity contribution in [3.05, 3.63) is 34.4 Å². The molecule has 0 aliphatic rings. The summed E-state index contributed by atoms with van der Waals surface area (Å²) < 4.78 is 38.7. The Balaban J connectivity index is 3.59. The fourth-order valence-electron chi connectivity index (χ4n) is 1.60. The molecule has 0 saturated carbocycles. The molecule has 1 aromatic rings. The monoisotopic (exact) mass is 277 g/mol. The molecule has 0 aliphatic heterocycles. The van der Waals surface area contributed by atoms with E-state index in [0.29, 0.717) is 0 Å². The summed E-state index contributed by atoms with van der Waals surface area (Å²) in [7, 11) is 0. The molecule has 7 heteroatoms. The Kier molecular flexibility index (Phi) is 4.19. The highest BCUT2D eigenvalue weighted by Gasteiger charge is 2.37. The first-order valence-electron chi connectivity index (χ1n) is 4.71. The van der Waals surface area contributed by atoms with Gasteiger partial charge in [0.2, 0.25) is 0 Å². The van der Waals surface area contributed by atoms with E-state index in [2.05, 4.69) is 0 Å². The van der Waals surface area contributed by atoms with Gasteiger partial charge in [-0.2, -0.15) is 18.4 Å². The topological polar surface area (TPSA) is 61.1 Å². The molecule has 0 saturated heterocycles. The molecule has 1 aromatic carbocycles. The van der Waals surface area contributed by atoms with Crippen LogP contribution in [0.4, 0.5) is 13.2 Å². The minimum absolute atomic E-state index is 0.237. The summed E-state index contributed by atoms with van der Waals surface area (Å²) in [5, 5.41) is 17.4. The van der Waals surface area contributed by atoms with Crippen LogP contribution in [0, 0.1) is 11.3 Å². The van der Waals surface area contributed by atoms with Gasteiger partial charge in [-0.05, 0) is 17.2 Å². The first kappa shape index (κ1) is 14.3. The second-order valence-corrected chi connectivity index (χ2v) is 3.71. The maximum absolute atomic E-state index is 12.9. The molecule has 1 N–H and O–H groups in total. The average molecular weight is 278 g/mol. The minimum Gasteiger partial charge on any atom is -0.481 e. The van der Waals surface area contributed by atoms with Crippen molar-refractivity contribution in [2.24, 2.45) is 0 Å². The minimum atomic E-state index is -4.75. The number of carbonyl (C=O) groups is 1. The highest BCUT2D eigenvalue weighted by atomic mass is 35.5. The van der Waals surface area contributed by atoms with E-state index in [1.807, 2.05) is 0 Å². The van der Waals surface area contributed by atoms with E-state index >= 15 is 0 Å². The number of alkyl halides is 4. The molecule has 0 bridgehead atoms. The lowest BCUT2D eigenvalue weighted by Crippen LogP contribution is -2.16. The lowest BCUT2D eigenvalue weighted by molar-refractivity contribution is -0.140. The van der Waals surface area contributed by atoms with Crippen LogP contribution in [0.25, 0.3) is 0 Å². The molecule has 0 heterocycles. The van der Waals surface area contributed by atoms with Gasteiger partial charge in [-0.25, -0.2) is 0 Å². The first-order valence-corrected chi connectivity index (χ1v) is 5.24. The second-order valence-electron chi connectivity index (χ2n) is 3.44. The maximum Gasteiger partial charge on any atom is 0.417 e. The van der Waals surface area contributed by atoms with E-state index in [0.717, 1.165) is 12.1 Å². The molecule has 0 amide bonds. The van der Waals surface area contributed by atoms with Gasteiger partial charge in [0, 0.05) is 5.88 Å². The number of hydrogen-bond donors (Lipinski definition) is 1. The molecule has 18 heavy (non-hydrogen) atoms. The zero-order valence-corrected chi connectivity index (χ0v) is 9.64. The van der Waals surface area contributed by atoms with E-state index in [4.69, 9.17) is 22.0 Å².